The molecule has 124 valence electrons. The first-order valence-electron chi connectivity index (χ1n) is 9.09. The summed E-state index contributed by atoms with van der Waals surface area (Å²) in [5.74, 6) is 1.56. The van der Waals surface area contributed by atoms with Gasteiger partial charge in [-0.15, -0.1) is 0 Å². The number of rotatable bonds is 0. The van der Waals surface area contributed by atoms with Crippen molar-refractivity contribution in [2.45, 2.75) is 77.9 Å². The predicted octanol–water partition coefficient (Wildman–Crippen LogP) is 4.23. The van der Waals surface area contributed by atoms with E-state index in [-0.39, 0.29) is 5.41 Å². The van der Waals surface area contributed by atoms with Crippen molar-refractivity contribution < 1.29 is 10.2 Å². The van der Waals surface area contributed by atoms with Gasteiger partial charge in [0.25, 0.3) is 0 Å². The van der Waals surface area contributed by atoms with Crippen LogP contribution in [0.5, 0.6) is 0 Å². The standard InChI is InChI=1S/C20H32O2/c1-12-6-5-7-13(2)15-10-11-20(4)17(15)14(3)16(9-8-12)18(21)19(20)22/h12,15,17-19,21-22H,2,5-11H2,1,3-4H3/t12-,15+,17-,18-,19+,20+/m1/s1. The molecule has 0 heterocycles. The molecular formula is C20H32O2. The van der Waals surface area contributed by atoms with E-state index in [1.54, 1.807) is 0 Å². The second kappa shape index (κ2) is 5.79. The van der Waals surface area contributed by atoms with Crippen molar-refractivity contribution >= 4 is 0 Å². The van der Waals surface area contributed by atoms with Gasteiger partial charge in [-0.2, -0.15) is 0 Å². The van der Waals surface area contributed by atoms with Crippen molar-refractivity contribution in [2.24, 2.45) is 23.2 Å². The molecule has 0 spiro atoms. The Morgan fingerprint density at radius 3 is 2.59 bits per heavy atom. The minimum Gasteiger partial charge on any atom is -0.389 e. The predicted molar refractivity (Wildman–Crippen MR) is 90.4 cm³/mol. The summed E-state index contributed by atoms with van der Waals surface area (Å²) in [6.45, 7) is 11.1. The highest BCUT2D eigenvalue weighted by atomic mass is 16.3. The molecular weight excluding hydrogens is 272 g/mol. The Morgan fingerprint density at radius 1 is 1.14 bits per heavy atom. The largest absolute Gasteiger partial charge is 0.389 e. The SMILES string of the molecule is C=C1CCC[C@@H](C)CCC2=C(C)[C@@H]3[C@H]1CC[C@]3(C)[C@@H](O)[C@@H]2O. The molecule has 22 heavy (non-hydrogen) atoms. The Hall–Kier alpha value is -0.600. The van der Waals surface area contributed by atoms with Crippen molar-refractivity contribution in [1.82, 2.24) is 0 Å². The Morgan fingerprint density at radius 2 is 1.86 bits per heavy atom. The van der Waals surface area contributed by atoms with Gasteiger partial charge in [0.05, 0.1) is 6.10 Å². The van der Waals surface area contributed by atoms with E-state index in [0.29, 0.717) is 17.8 Å². The topological polar surface area (TPSA) is 40.5 Å². The highest BCUT2D eigenvalue weighted by Crippen LogP contribution is 2.59. The molecule has 0 aliphatic heterocycles. The maximum atomic E-state index is 10.8. The van der Waals surface area contributed by atoms with Crippen LogP contribution in [-0.4, -0.2) is 22.4 Å². The third-order valence-electron chi connectivity index (χ3n) is 7.04. The smallest absolute Gasteiger partial charge is 0.102 e. The van der Waals surface area contributed by atoms with Crippen LogP contribution in [0.2, 0.25) is 0 Å². The van der Waals surface area contributed by atoms with Crippen LogP contribution >= 0.6 is 0 Å². The van der Waals surface area contributed by atoms with Gasteiger partial charge in [0, 0.05) is 5.41 Å². The number of allylic oxidation sites excluding steroid dienone is 2. The van der Waals surface area contributed by atoms with E-state index in [4.69, 9.17) is 0 Å². The average molecular weight is 304 g/mol. The van der Waals surface area contributed by atoms with E-state index >= 15 is 0 Å². The summed E-state index contributed by atoms with van der Waals surface area (Å²) in [6.07, 6.45) is 6.51. The molecule has 0 saturated heterocycles. The van der Waals surface area contributed by atoms with Gasteiger partial charge in [-0.1, -0.05) is 38.0 Å². The molecule has 1 saturated carbocycles. The molecule has 2 heteroatoms. The molecule has 1 fully saturated rings. The number of hydrogen-bond acceptors (Lipinski definition) is 2. The number of aliphatic hydroxyl groups excluding tert-OH is 2. The number of hydrogen-bond donors (Lipinski definition) is 2. The van der Waals surface area contributed by atoms with E-state index in [0.717, 1.165) is 37.7 Å². The van der Waals surface area contributed by atoms with Crippen LogP contribution in [0.1, 0.15) is 65.7 Å². The molecule has 2 bridgehead atoms. The third kappa shape index (κ3) is 2.39. The van der Waals surface area contributed by atoms with Gasteiger partial charge in [0.1, 0.15) is 6.10 Å². The van der Waals surface area contributed by atoms with Gasteiger partial charge in [-0.3, -0.25) is 0 Å². The fourth-order valence-electron chi connectivity index (χ4n) is 5.55. The van der Waals surface area contributed by atoms with Crippen LogP contribution < -0.4 is 0 Å². The first-order chi connectivity index (χ1) is 10.4. The normalized spacial score (nSPS) is 46.6. The van der Waals surface area contributed by atoms with Gasteiger partial charge < -0.3 is 10.2 Å². The Balaban J connectivity index is 2.05. The van der Waals surface area contributed by atoms with Crippen LogP contribution in [0.3, 0.4) is 0 Å². The van der Waals surface area contributed by atoms with Crippen LogP contribution in [0.15, 0.2) is 23.3 Å². The van der Waals surface area contributed by atoms with E-state index in [1.165, 1.54) is 24.0 Å². The lowest BCUT2D eigenvalue weighted by atomic mass is 9.61. The molecule has 0 amide bonds. The fourth-order valence-corrected chi connectivity index (χ4v) is 5.55. The Bertz CT molecular complexity index is 492. The van der Waals surface area contributed by atoms with Crippen molar-refractivity contribution in [2.75, 3.05) is 0 Å². The molecule has 0 aromatic carbocycles. The zero-order valence-corrected chi connectivity index (χ0v) is 14.4. The monoisotopic (exact) mass is 304 g/mol. The molecule has 3 rings (SSSR count). The molecule has 0 radical (unpaired) electrons. The van der Waals surface area contributed by atoms with Crippen LogP contribution in [0, 0.1) is 23.2 Å². The van der Waals surface area contributed by atoms with Crippen molar-refractivity contribution in [1.29, 1.82) is 0 Å². The lowest BCUT2D eigenvalue weighted by Gasteiger charge is -2.47. The second-order valence-electron chi connectivity index (χ2n) is 8.42. The molecule has 3 aliphatic carbocycles. The maximum absolute atomic E-state index is 10.8. The molecule has 2 N–H and O–H groups in total. The van der Waals surface area contributed by atoms with E-state index < -0.39 is 12.2 Å². The van der Waals surface area contributed by atoms with Crippen molar-refractivity contribution in [3.63, 3.8) is 0 Å². The number of aliphatic hydroxyl groups is 2. The minimum absolute atomic E-state index is 0.180. The summed E-state index contributed by atoms with van der Waals surface area (Å²) in [5, 5.41) is 21.6. The van der Waals surface area contributed by atoms with Crippen molar-refractivity contribution in [3.05, 3.63) is 23.3 Å². The zero-order chi connectivity index (χ0) is 16.1. The molecule has 0 unspecified atom stereocenters. The van der Waals surface area contributed by atoms with Crippen LogP contribution in [-0.2, 0) is 0 Å². The Kier molecular flexibility index (Phi) is 4.28. The summed E-state index contributed by atoms with van der Waals surface area (Å²) < 4.78 is 0. The first kappa shape index (κ1) is 16.3. The van der Waals surface area contributed by atoms with E-state index in [2.05, 4.69) is 27.4 Å². The second-order valence-corrected chi connectivity index (χ2v) is 8.42. The lowest BCUT2D eigenvalue weighted by molar-refractivity contribution is -0.0700. The molecule has 0 aromatic heterocycles. The highest BCUT2D eigenvalue weighted by Gasteiger charge is 2.56. The maximum Gasteiger partial charge on any atom is 0.102 e. The lowest BCUT2D eigenvalue weighted by Crippen LogP contribution is -2.50. The quantitative estimate of drug-likeness (QED) is 0.658. The summed E-state index contributed by atoms with van der Waals surface area (Å²) in [7, 11) is 0. The zero-order valence-electron chi connectivity index (χ0n) is 14.4. The van der Waals surface area contributed by atoms with Crippen LogP contribution in [0.25, 0.3) is 0 Å². The summed E-state index contributed by atoms with van der Waals surface area (Å²) in [5.41, 5.74) is 3.69. The van der Waals surface area contributed by atoms with E-state index in [1.807, 2.05) is 0 Å². The molecule has 3 aliphatic rings. The minimum atomic E-state index is -0.666. The third-order valence-corrected chi connectivity index (χ3v) is 7.04. The van der Waals surface area contributed by atoms with Gasteiger partial charge in [0.15, 0.2) is 0 Å². The van der Waals surface area contributed by atoms with E-state index in [9.17, 15) is 10.2 Å². The molecule has 0 aromatic rings. The summed E-state index contributed by atoms with van der Waals surface area (Å²) >= 11 is 0. The van der Waals surface area contributed by atoms with Gasteiger partial charge in [0.2, 0.25) is 0 Å². The summed E-state index contributed by atoms with van der Waals surface area (Å²) in [4.78, 5) is 0. The van der Waals surface area contributed by atoms with Crippen molar-refractivity contribution in [3.8, 4) is 0 Å². The van der Waals surface area contributed by atoms with Gasteiger partial charge >= 0.3 is 0 Å². The average Bonchev–Trinajstić information content (AvgIpc) is 2.83. The fraction of sp³-hybridized carbons (Fsp3) is 0.800. The molecule has 6 atom stereocenters. The highest BCUT2D eigenvalue weighted by molar-refractivity contribution is 5.33. The molecule has 2 nitrogen and oxygen atoms in total. The van der Waals surface area contributed by atoms with Gasteiger partial charge in [-0.25, -0.2) is 0 Å². The Labute approximate surface area is 135 Å². The first-order valence-corrected chi connectivity index (χ1v) is 9.09. The summed E-state index contributed by atoms with van der Waals surface area (Å²) in [6, 6.07) is 0. The van der Waals surface area contributed by atoms with Gasteiger partial charge in [-0.05, 0) is 68.8 Å². The van der Waals surface area contributed by atoms with Crippen LogP contribution in [0.4, 0.5) is 0 Å².